The van der Waals surface area contributed by atoms with Gasteiger partial charge in [-0.25, -0.2) is 4.39 Å². The Morgan fingerprint density at radius 2 is 2.12 bits per heavy atom. The summed E-state index contributed by atoms with van der Waals surface area (Å²) in [6, 6.07) is 15.5. The van der Waals surface area contributed by atoms with Gasteiger partial charge in [0, 0.05) is 22.2 Å². The summed E-state index contributed by atoms with van der Waals surface area (Å²) in [4.78, 5) is 3.29. The van der Waals surface area contributed by atoms with Crippen molar-refractivity contribution in [2.24, 2.45) is 0 Å². The Balaban J connectivity index is 2.33. The molecule has 1 N–H and O–H groups in total. The van der Waals surface area contributed by atoms with E-state index in [1.54, 1.807) is 12.1 Å². The summed E-state index contributed by atoms with van der Waals surface area (Å²) in [6.45, 7) is 2.00. The lowest BCUT2D eigenvalue weighted by Gasteiger charge is -2.01. The van der Waals surface area contributed by atoms with Crippen molar-refractivity contribution < 1.29 is 4.39 Å². The Hall–Kier alpha value is -2.09. The Morgan fingerprint density at radius 3 is 2.94 bits per heavy atom. The summed E-state index contributed by atoms with van der Waals surface area (Å²) < 4.78 is 13.3. The van der Waals surface area contributed by atoms with Crippen LogP contribution in [0.3, 0.4) is 0 Å². The summed E-state index contributed by atoms with van der Waals surface area (Å²) in [6.07, 6.45) is 0. The lowest BCUT2D eigenvalue weighted by Crippen LogP contribution is -1.81. The molecule has 0 spiro atoms. The second-order valence-corrected chi connectivity index (χ2v) is 4.11. The van der Waals surface area contributed by atoms with Crippen LogP contribution >= 0.6 is 0 Å². The van der Waals surface area contributed by atoms with Crippen LogP contribution in [0.1, 0.15) is 5.69 Å². The third-order valence-electron chi connectivity index (χ3n) is 2.94. The summed E-state index contributed by atoms with van der Waals surface area (Å²) in [5.41, 5.74) is 4.04. The quantitative estimate of drug-likeness (QED) is 0.641. The minimum absolute atomic E-state index is 0.209. The third kappa shape index (κ3) is 1.62. The number of hydrogen-bond acceptors (Lipinski definition) is 0. The molecule has 0 aliphatic carbocycles. The molecule has 0 aliphatic rings. The molecule has 0 bridgehead atoms. The van der Waals surface area contributed by atoms with E-state index in [2.05, 4.69) is 11.1 Å². The summed E-state index contributed by atoms with van der Waals surface area (Å²) in [7, 11) is 0. The molecule has 0 saturated heterocycles. The van der Waals surface area contributed by atoms with Crippen LogP contribution in [0.2, 0.25) is 0 Å². The molecule has 2 heteroatoms. The van der Waals surface area contributed by atoms with Crippen molar-refractivity contribution in [1.82, 2.24) is 4.98 Å². The number of hydrogen-bond donors (Lipinski definition) is 1. The molecule has 0 aliphatic heterocycles. The highest BCUT2D eigenvalue weighted by molar-refractivity contribution is 5.97. The van der Waals surface area contributed by atoms with Gasteiger partial charge in [-0.3, -0.25) is 0 Å². The predicted octanol–water partition coefficient (Wildman–Crippen LogP) is 4.08. The molecule has 0 fully saturated rings. The molecule has 83 valence electrons. The Morgan fingerprint density at radius 1 is 1.24 bits per heavy atom. The first-order chi connectivity index (χ1) is 8.25. The molecule has 1 nitrogen and oxygen atoms in total. The second-order valence-electron chi connectivity index (χ2n) is 4.11. The molecule has 2 aromatic carbocycles. The van der Waals surface area contributed by atoms with E-state index in [0.717, 1.165) is 27.7 Å². The number of aromatic nitrogens is 1. The smallest absolute Gasteiger partial charge is 0.123 e. The molecule has 0 amide bonds. The van der Waals surface area contributed by atoms with Crippen molar-refractivity contribution in [3.63, 3.8) is 0 Å². The standard InChI is InChI=1S/C15H11FN/c1-10-15(11-5-4-6-12(16)9-11)13-7-2-3-8-14(13)17-10/h2,4-9,17H,1H3. The first-order valence-corrected chi connectivity index (χ1v) is 5.50. The highest BCUT2D eigenvalue weighted by Crippen LogP contribution is 2.31. The van der Waals surface area contributed by atoms with E-state index in [-0.39, 0.29) is 5.82 Å². The van der Waals surface area contributed by atoms with Crippen molar-refractivity contribution in [3.8, 4) is 11.1 Å². The highest BCUT2D eigenvalue weighted by atomic mass is 19.1. The van der Waals surface area contributed by atoms with Gasteiger partial charge in [0.05, 0.1) is 0 Å². The van der Waals surface area contributed by atoms with Crippen molar-refractivity contribution in [3.05, 3.63) is 60.0 Å². The van der Waals surface area contributed by atoms with E-state index >= 15 is 0 Å². The maximum atomic E-state index is 13.3. The van der Waals surface area contributed by atoms with Crippen LogP contribution in [0.15, 0.2) is 42.5 Å². The number of rotatable bonds is 1. The molecule has 1 aromatic heterocycles. The molecule has 0 saturated carbocycles. The Kier molecular flexibility index (Phi) is 2.22. The molecule has 0 atom stereocenters. The van der Waals surface area contributed by atoms with Crippen molar-refractivity contribution in [2.75, 3.05) is 0 Å². The van der Waals surface area contributed by atoms with Gasteiger partial charge < -0.3 is 4.98 Å². The lowest BCUT2D eigenvalue weighted by atomic mass is 10.0. The van der Waals surface area contributed by atoms with Gasteiger partial charge in [0.15, 0.2) is 0 Å². The van der Waals surface area contributed by atoms with E-state index in [1.165, 1.54) is 6.07 Å². The minimum Gasteiger partial charge on any atom is -0.358 e. The van der Waals surface area contributed by atoms with Gasteiger partial charge in [-0.15, -0.1) is 0 Å². The zero-order chi connectivity index (χ0) is 11.8. The van der Waals surface area contributed by atoms with E-state index < -0.39 is 0 Å². The van der Waals surface area contributed by atoms with Gasteiger partial charge in [0.25, 0.3) is 0 Å². The van der Waals surface area contributed by atoms with E-state index in [1.807, 2.05) is 31.2 Å². The predicted molar refractivity (Wildman–Crippen MR) is 67.3 cm³/mol. The minimum atomic E-state index is -0.209. The second kappa shape index (κ2) is 3.74. The Labute approximate surface area is 98.9 Å². The topological polar surface area (TPSA) is 15.8 Å². The van der Waals surface area contributed by atoms with E-state index in [0.29, 0.717) is 0 Å². The van der Waals surface area contributed by atoms with Crippen LogP contribution in [-0.2, 0) is 0 Å². The van der Waals surface area contributed by atoms with Gasteiger partial charge in [-0.05, 0) is 36.8 Å². The Bertz CT molecular complexity index is 682. The SMILES string of the molecule is Cc1[nH]c2c[c]ccc2c1-c1cccc(F)c1. The summed E-state index contributed by atoms with van der Waals surface area (Å²) >= 11 is 0. The van der Waals surface area contributed by atoms with Gasteiger partial charge in [0.1, 0.15) is 5.82 Å². The first kappa shape index (κ1) is 10.1. The molecule has 1 radical (unpaired) electrons. The average Bonchev–Trinajstić information content (AvgIpc) is 2.64. The number of nitrogens with one attached hydrogen (secondary N) is 1. The van der Waals surface area contributed by atoms with Gasteiger partial charge in [-0.1, -0.05) is 24.3 Å². The zero-order valence-electron chi connectivity index (χ0n) is 9.42. The molecular formula is C15H11FN. The van der Waals surface area contributed by atoms with Crippen molar-refractivity contribution in [1.29, 1.82) is 0 Å². The molecule has 17 heavy (non-hydrogen) atoms. The number of H-pyrrole nitrogens is 1. The normalized spacial score (nSPS) is 10.9. The largest absolute Gasteiger partial charge is 0.358 e. The number of aryl methyl sites for hydroxylation is 1. The summed E-state index contributed by atoms with van der Waals surface area (Å²) in [5, 5.41) is 1.10. The number of halogens is 1. The molecule has 3 rings (SSSR count). The van der Waals surface area contributed by atoms with Crippen LogP contribution in [-0.4, -0.2) is 4.98 Å². The molecular weight excluding hydrogens is 213 g/mol. The van der Waals surface area contributed by atoms with Crippen molar-refractivity contribution >= 4 is 10.9 Å². The average molecular weight is 224 g/mol. The number of fused-ring (bicyclic) bond motifs is 1. The van der Waals surface area contributed by atoms with Gasteiger partial charge in [0.2, 0.25) is 0 Å². The highest BCUT2D eigenvalue weighted by Gasteiger charge is 2.10. The van der Waals surface area contributed by atoms with Gasteiger partial charge >= 0.3 is 0 Å². The first-order valence-electron chi connectivity index (χ1n) is 5.50. The van der Waals surface area contributed by atoms with Crippen LogP contribution in [0, 0.1) is 18.8 Å². The molecule has 0 unspecified atom stereocenters. The molecule has 1 heterocycles. The maximum Gasteiger partial charge on any atom is 0.123 e. The summed E-state index contributed by atoms with van der Waals surface area (Å²) in [5.74, 6) is -0.209. The fourth-order valence-corrected chi connectivity index (χ4v) is 2.23. The number of benzene rings is 2. The fraction of sp³-hybridized carbons (Fsp3) is 0.0667. The fourth-order valence-electron chi connectivity index (χ4n) is 2.23. The van der Waals surface area contributed by atoms with E-state index in [4.69, 9.17) is 0 Å². The van der Waals surface area contributed by atoms with Crippen LogP contribution < -0.4 is 0 Å². The monoisotopic (exact) mass is 224 g/mol. The number of aromatic amines is 1. The molecule has 3 aromatic rings. The van der Waals surface area contributed by atoms with Crippen molar-refractivity contribution in [2.45, 2.75) is 6.92 Å². The zero-order valence-corrected chi connectivity index (χ0v) is 9.42. The third-order valence-corrected chi connectivity index (χ3v) is 2.94. The van der Waals surface area contributed by atoms with Gasteiger partial charge in [-0.2, -0.15) is 0 Å². The maximum absolute atomic E-state index is 13.3. The lowest BCUT2D eigenvalue weighted by molar-refractivity contribution is 0.628. The van der Waals surface area contributed by atoms with Crippen LogP contribution in [0.4, 0.5) is 4.39 Å². The van der Waals surface area contributed by atoms with E-state index in [9.17, 15) is 4.39 Å². The van der Waals surface area contributed by atoms with Crippen LogP contribution in [0.5, 0.6) is 0 Å². The van der Waals surface area contributed by atoms with Crippen LogP contribution in [0.25, 0.3) is 22.0 Å².